The minimum atomic E-state index is -0.474. The van der Waals surface area contributed by atoms with Gasteiger partial charge < -0.3 is 24.6 Å². The molecule has 1 aliphatic rings. The maximum absolute atomic E-state index is 13.6. The molecule has 34 heavy (non-hydrogen) atoms. The van der Waals surface area contributed by atoms with E-state index in [1.54, 1.807) is 23.9 Å². The van der Waals surface area contributed by atoms with E-state index in [1.165, 1.54) is 25.3 Å². The van der Waals surface area contributed by atoms with Gasteiger partial charge in [-0.15, -0.1) is 5.10 Å². The third-order valence-corrected chi connectivity index (χ3v) is 5.17. The van der Waals surface area contributed by atoms with Crippen LogP contribution in [0.1, 0.15) is 21.9 Å². The molecule has 0 spiro atoms. The van der Waals surface area contributed by atoms with Crippen molar-refractivity contribution in [3.05, 3.63) is 53.4 Å². The third-order valence-electron chi connectivity index (χ3n) is 5.17. The van der Waals surface area contributed by atoms with Gasteiger partial charge in [-0.25, -0.2) is 19.0 Å². The van der Waals surface area contributed by atoms with Gasteiger partial charge in [-0.05, 0) is 30.7 Å². The average molecular weight is 472 g/mol. The quantitative estimate of drug-likeness (QED) is 0.490. The van der Waals surface area contributed by atoms with Crippen molar-refractivity contribution in [2.45, 2.75) is 32.2 Å². The number of carbonyl (C=O) groups is 1. The van der Waals surface area contributed by atoms with Crippen molar-refractivity contribution in [2.75, 3.05) is 26.9 Å². The number of ether oxygens (including phenoxy) is 3. The summed E-state index contributed by atoms with van der Waals surface area (Å²) in [5.74, 6) is -0.375. The van der Waals surface area contributed by atoms with E-state index < -0.39 is 11.7 Å². The molecule has 2 N–H and O–H groups in total. The van der Waals surface area contributed by atoms with E-state index in [0.29, 0.717) is 42.5 Å². The van der Waals surface area contributed by atoms with Crippen molar-refractivity contribution in [1.82, 2.24) is 30.3 Å². The third kappa shape index (κ3) is 5.71. The zero-order valence-electron chi connectivity index (χ0n) is 18.8. The summed E-state index contributed by atoms with van der Waals surface area (Å²) in [7, 11) is 1.38. The molecule has 0 radical (unpaired) electrons. The van der Waals surface area contributed by atoms with Gasteiger partial charge in [-0.2, -0.15) is 0 Å². The molecule has 2 atom stereocenters. The number of methoxy groups -OCH3 is 1. The van der Waals surface area contributed by atoms with Crippen molar-refractivity contribution >= 4 is 5.91 Å². The Hall–Kier alpha value is -3.48. The van der Waals surface area contributed by atoms with Gasteiger partial charge in [-0.1, -0.05) is 11.3 Å². The number of hydrogen-bond acceptors (Lipinski definition) is 9. The van der Waals surface area contributed by atoms with Crippen LogP contribution in [0.4, 0.5) is 4.39 Å². The van der Waals surface area contributed by atoms with Crippen LogP contribution in [-0.2, 0) is 22.6 Å². The van der Waals surface area contributed by atoms with E-state index >= 15 is 0 Å². The number of halogens is 1. The van der Waals surface area contributed by atoms with E-state index in [-0.39, 0.29) is 36.8 Å². The summed E-state index contributed by atoms with van der Waals surface area (Å²) in [5.41, 5.74) is 1.78. The first-order chi connectivity index (χ1) is 16.4. The Kier molecular flexibility index (Phi) is 7.40. The van der Waals surface area contributed by atoms with Crippen LogP contribution in [0.15, 0.2) is 30.5 Å². The molecule has 4 rings (SSSR count). The Morgan fingerprint density at radius 3 is 2.76 bits per heavy atom. The lowest BCUT2D eigenvalue weighted by atomic mass is 10.2. The Morgan fingerprint density at radius 2 is 2.03 bits per heavy atom. The molecule has 3 heterocycles. The summed E-state index contributed by atoms with van der Waals surface area (Å²) < 4.78 is 31.3. The zero-order valence-corrected chi connectivity index (χ0v) is 18.8. The Morgan fingerprint density at radius 1 is 1.24 bits per heavy atom. The maximum atomic E-state index is 13.6. The van der Waals surface area contributed by atoms with Crippen LogP contribution >= 0.6 is 0 Å². The lowest BCUT2D eigenvalue weighted by Gasteiger charge is -2.28. The number of benzene rings is 1. The fourth-order valence-corrected chi connectivity index (χ4v) is 3.41. The molecule has 11 nitrogen and oxygen atoms in total. The molecule has 1 amide bonds. The SMILES string of the molecule is COc1cc(CNC(=O)c2cc(-c3cn(CC4COC(CO)CO4)nn3)nc(C)n2)ccc1F. The molecular formula is C22H25FN6O5. The monoisotopic (exact) mass is 472 g/mol. The van der Waals surface area contributed by atoms with Crippen LogP contribution in [0.25, 0.3) is 11.4 Å². The number of nitrogens with zero attached hydrogens (tertiary/aromatic N) is 5. The fourth-order valence-electron chi connectivity index (χ4n) is 3.41. The second kappa shape index (κ2) is 10.6. The topological polar surface area (TPSA) is 134 Å². The molecule has 0 aliphatic carbocycles. The molecule has 1 aromatic carbocycles. The number of aliphatic hydroxyl groups is 1. The van der Waals surface area contributed by atoms with Gasteiger partial charge in [-0.3, -0.25) is 4.79 Å². The Labute approximate surface area is 194 Å². The highest BCUT2D eigenvalue weighted by Gasteiger charge is 2.23. The smallest absolute Gasteiger partial charge is 0.270 e. The van der Waals surface area contributed by atoms with Gasteiger partial charge in [0, 0.05) is 6.54 Å². The number of aliphatic hydroxyl groups excluding tert-OH is 1. The van der Waals surface area contributed by atoms with E-state index in [9.17, 15) is 9.18 Å². The number of nitrogens with one attached hydrogen (secondary N) is 1. The van der Waals surface area contributed by atoms with Crippen molar-refractivity contribution in [3.63, 3.8) is 0 Å². The van der Waals surface area contributed by atoms with Crippen LogP contribution in [0.2, 0.25) is 0 Å². The normalized spacial score (nSPS) is 18.0. The molecular weight excluding hydrogens is 447 g/mol. The number of aromatic nitrogens is 5. The number of hydrogen-bond donors (Lipinski definition) is 2. The highest BCUT2D eigenvalue weighted by atomic mass is 19.1. The van der Waals surface area contributed by atoms with Gasteiger partial charge in [0.25, 0.3) is 5.91 Å². The first-order valence-corrected chi connectivity index (χ1v) is 10.7. The highest BCUT2D eigenvalue weighted by molar-refractivity contribution is 5.93. The maximum Gasteiger partial charge on any atom is 0.270 e. The van der Waals surface area contributed by atoms with E-state index in [2.05, 4.69) is 25.6 Å². The first-order valence-electron chi connectivity index (χ1n) is 10.7. The fraction of sp³-hybridized carbons (Fsp3) is 0.409. The molecule has 1 fully saturated rings. The largest absolute Gasteiger partial charge is 0.494 e. The van der Waals surface area contributed by atoms with Crippen LogP contribution in [0.5, 0.6) is 5.75 Å². The minimum absolute atomic E-state index is 0.0821. The summed E-state index contributed by atoms with van der Waals surface area (Å²) in [6, 6.07) is 5.91. The van der Waals surface area contributed by atoms with Gasteiger partial charge in [0.2, 0.25) is 0 Å². The average Bonchev–Trinajstić information content (AvgIpc) is 3.32. The molecule has 0 saturated carbocycles. The number of aryl methyl sites for hydroxylation is 1. The van der Waals surface area contributed by atoms with Crippen molar-refractivity contribution < 1.29 is 28.5 Å². The van der Waals surface area contributed by atoms with E-state index in [0.717, 1.165) is 0 Å². The van der Waals surface area contributed by atoms with Crippen LogP contribution in [0.3, 0.4) is 0 Å². The number of rotatable bonds is 8. The molecule has 1 aliphatic heterocycles. The highest BCUT2D eigenvalue weighted by Crippen LogP contribution is 2.19. The summed E-state index contributed by atoms with van der Waals surface area (Å²) in [6.07, 6.45) is 1.19. The van der Waals surface area contributed by atoms with Gasteiger partial charge in [0.1, 0.15) is 29.4 Å². The standard InChI is InChI=1S/C22H25FN6O5/c1-13-25-18(20-9-29(28-27-20)8-15-11-34-16(10-30)12-33-15)6-19(26-13)22(31)24-7-14-3-4-17(23)21(5-14)32-2/h3-6,9,15-16,30H,7-8,10-12H2,1-2H3,(H,24,31). The summed E-state index contributed by atoms with van der Waals surface area (Å²) in [5, 5.41) is 20.1. The van der Waals surface area contributed by atoms with Gasteiger partial charge in [0.15, 0.2) is 11.6 Å². The van der Waals surface area contributed by atoms with E-state index in [1.807, 2.05) is 0 Å². The predicted molar refractivity (Wildman–Crippen MR) is 116 cm³/mol. The second-order valence-electron chi connectivity index (χ2n) is 7.76. The number of carbonyl (C=O) groups excluding carboxylic acids is 1. The van der Waals surface area contributed by atoms with E-state index in [4.69, 9.17) is 19.3 Å². The van der Waals surface area contributed by atoms with Crippen LogP contribution in [-0.4, -0.2) is 75.1 Å². The van der Waals surface area contributed by atoms with Gasteiger partial charge >= 0.3 is 0 Å². The molecule has 2 aromatic heterocycles. The molecule has 1 saturated heterocycles. The van der Waals surface area contributed by atoms with Crippen LogP contribution in [0, 0.1) is 12.7 Å². The molecule has 180 valence electrons. The minimum Gasteiger partial charge on any atom is -0.494 e. The summed E-state index contributed by atoms with van der Waals surface area (Å²) >= 11 is 0. The first kappa shape index (κ1) is 23.7. The Bertz CT molecular complexity index is 1150. The lowest BCUT2D eigenvalue weighted by Crippen LogP contribution is -2.39. The van der Waals surface area contributed by atoms with Crippen molar-refractivity contribution in [2.24, 2.45) is 0 Å². The lowest BCUT2D eigenvalue weighted by molar-refractivity contribution is -0.149. The molecule has 3 aromatic rings. The van der Waals surface area contributed by atoms with Crippen molar-refractivity contribution in [3.8, 4) is 17.1 Å². The van der Waals surface area contributed by atoms with Crippen LogP contribution < -0.4 is 10.1 Å². The van der Waals surface area contributed by atoms with Crippen molar-refractivity contribution in [1.29, 1.82) is 0 Å². The zero-order chi connectivity index (χ0) is 24.1. The molecule has 12 heteroatoms. The molecule has 0 bridgehead atoms. The predicted octanol–water partition coefficient (Wildman–Crippen LogP) is 0.898. The summed E-state index contributed by atoms with van der Waals surface area (Å²) in [6.45, 7) is 2.85. The molecule has 2 unspecified atom stereocenters. The van der Waals surface area contributed by atoms with Gasteiger partial charge in [0.05, 0.1) is 45.4 Å². The Balaban J connectivity index is 1.41. The summed E-state index contributed by atoms with van der Waals surface area (Å²) in [4.78, 5) is 21.3. The second-order valence-corrected chi connectivity index (χ2v) is 7.76. The number of amides is 1.